The number of aliphatic carboxylic acids is 1. The van der Waals surface area contributed by atoms with E-state index < -0.39 is 29.7 Å². The summed E-state index contributed by atoms with van der Waals surface area (Å²) >= 11 is 0. The Bertz CT molecular complexity index is 762. The van der Waals surface area contributed by atoms with Crippen LogP contribution in [0.5, 0.6) is 0 Å². The molecule has 0 bridgehead atoms. The van der Waals surface area contributed by atoms with Crippen LogP contribution in [-0.2, 0) is 14.4 Å². The summed E-state index contributed by atoms with van der Waals surface area (Å²) in [5, 5.41) is 17.6. The fourth-order valence-corrected chi connectivity index (χ4v) is 6.02. The highest BCUT2D eigenvalue weighted by atomic mass is 31.0. The highest BCUT2D eigenvalue weighted by molar-refractivity contribution is 7.21. The van der Waals surface area contributed by atoms with Gasteiger partial charge in [0.1, 0.15) is 0 Å². The van der Waals surface area contributed by atoms with Crippen molar-refractivity contribution in [1.82, 2.24) is 4.90 Å². The minimum absolute atomic E-state index is 0.111. The number of aliphatic hydroxyl groups is 1. The summed E-state index contributed by atoms with van der Waals surface area (Å²) < 4.78 is 0. The summed E-state index contributed by atoms with van der Waals surface area (Å²) in [6.07, 6.45) is 39.2. The smallest absolute Gasteiger partial charge is 0.336 e. The first-order chi connectivity index (χ1) is 22.3. The summed E-state index contributed by atoms with van der Waals surface area (Å²) in [6, 6.07) is 0. The number of nitrogens with zero attached hydrogens (tertiary/aromatic N) is 1. The molecule has 7 heteroatoms. The van der Waals surface area contributed by atoms with Gasteiger partial charge in [-0.05, 0) is 64.2 Å². The lowest BCUT2D eigenvalue weighted by molar-refractivity contribution is -0.162. The van der Waals surface area contributed by atoms with Gasteiger partial charge in [0, 0.05) is 12.8 Å². The van der Waals surface area contributed by atoms with Crippen molar-refractivity contribution in [3.05, 3.63) is 24.3 Å². The molecule has 0 aromatic heterocycles. The zero-order valence-electron chi connectivity index (χ0n) is 30.0. The fraction of sp³-hybridized carbons (Fsp3) is 0.821. The van der Waals surface area contributed by atoms with Crippen molar-refractivity contribution < 1.29 is 24.6 Å². The largest absolute Gasteiger partial charge is 0.479 e. The number of carbonyl (C=O) groups excluding carboxylic acids is 2. The van der Waals surface area contributed by atoms with E-state index in [1.54, 1.807) is 0 Å². The Morgan fingerprint density at radius 1 is 0.522 bits per heavy atom. The second-order valence-electron chi connectivity index (χ2n) is 13.2. The topological polar surface area (TPSA) is 94.9 Å². The molecule has 2 amide bonds. The number of carbonyl (C=O) groups is 3. The molecule has 6 nitrogen and oxygen atoms in total. The summed E-state index contributed by atoms with van der Waals surface area (Å²) in [7, 11) is 2.04. The van der Waals surface area contributed by atoms with Crippen molar-refractivity contribution in [2.75, 3.05) is 6.61 Å². The van der Waals surface area contributed by atoms with Crippen molar-refractivity contribution in [1.29, 1.82) is 0 Å². The zero-order valence-corrected chi connectivity index (χ0v) is 31.1. The van der Waals surface area contributed by atoms with Gasteiger partial charge in [-0.15, -0.1) is 0 Å². The van der Waals surface area contributed by atoms with Crippen LogP contribution in [0.15, 0.2) is 24.3 Å². The van der Waals surface area contributed by atoms with E-state index in [4.69, 9.17) is 0 Å². The minimum atomic E-state index is -2.02. The summed E-state index contributed by atoms with van der Waals surface area (Å²) in [5.74, 6) is -2.42. The Labute approximate surface area is 285 Å². The molecule has 0 aromatic rings. The number of carboxylic acid groups (broad SMARTS) is 1. The highest BCUT2D eigenvalue weighted by Gasteiger charge is 2.45. The third-order valence-electron chi connectivity index (χ3n) is 8.81. The number of hydrogen-bond donors (Lipinski definition) is 2. The molecule has 0 aromatic carbocycles. The van der Waals surface area contributed by atoms with E-state index in [-0.39, 0.29) is 12.8 Å². The monoisotopic (exact) mass is 666 g/mol. The molecule has 2 unspecified atom stereocenters. The number of aliphatic hydroxyl groups excluding tert-OH is 1. The summed E-state index contributed by atoms with van der Waals surface area (Å²) in [6.45, 7) is 3.66. The van der Waals surface area contributed by atoms with E-state index in [0.717, 1.165) is 69.1 Å². The molecule has 268 valence electrons. The average Bonchev–Trinajstić information content (AvgIpc) is 3.04. The second-order valence-corrected chi connectivity index (χ2v) is 14.1. The standard InChI is InChI=1S/C39H72NO5P/c1-3-5-7-9-11-13-15-17-19-21-23-25-27-29-31-33-36(42)40(39(46,35-41)38(44)45)37(43)34-32-30-28-26-24-22-20-18-16-14-12-10-8-6-4-2/h17-20,41H,3-16,21-35,46H2,1-2H3,(H,44,45)/b19-17+,20-18+. The highest BCUT2D eigenvalue weighted by Crippen LogP contribution is 2.27. The van der Waals surface area contributed by atoms with Crippen LogP contribution in [0.25, 0.3) is 0 Å². The lowest BCUT2D eigenvalue weighted by Crippen LogP contribution is -2.57. The first kappa shape index (κ1) is 44.5. The number of hydrogen-bond acceptors (Lipinski definition) is 4. The minimum Gasteiger partial charge on any atom is -0.479 e. The molecular formula is C39H72NO5P. The summed E-state index contributed by atoms with van der Waals surface area (Å²) in [5.41, 5.74) is 0. The summed E-state index contributed by atoms with van der Waals surface area (Å²) in [4.78, 5) is 39.0. The maximum absolute atomic E-state index is 13.1. The number of amides is 2. The number of carboxylic acids is 1. The molecule has 0 saturated heterocycles. The Morgan fingerprint density at radius 3 is 1.09 bits per heavy atom. The Morgan fingerprint density at radius 2 is 0.804 bits per heavy atom. The molecule has 46 heavy (non-hydrogen) atoms. The predicted molar refractivity (Wildman–Crippen MR) is 198 cm³/mol. The van der Waals surface area contributed by atoms with Gasteiger partial charge < -0.3 is 10.2 Å². The molecule has 0 heterocycles. The van der Waals surface area contributed by atoms with Gasteiger partial charge >= 0.3 is 5.97 Å². The number of imide groups is 1. The Kier molecular flexibility index (Phi) is 31.0. The average molecular weight is 666 g/mol. The van der Waals surface area contributed by atoms with E-state index in [9.17, 15) is 24.6 Å². The van der Waals surface area contributed by atoms with Crippen molar-refractivity contribution >= 4 is 27.0 Å². The van der Waals surface area contributed by atoms with Gasteiger partial charge in [-0.3, -0.25) is 14.5 Å². The Balaban J connectivity index is 4.25. The number of rotatable bonds is 33. The van der Waals surface area contributed by atoms with Crippen LogP contribution in [0.1, 0.15) is 194 Å². The molecule has 0 spiro atoms. The van der Waals surface area contributed by atoms with Crippen molar-refractivity contribution in [2.45, 2.75) is 199 Å². The quantitative estimate of drug-likeness (QED) is 0.0413. The normalized spacial score (nSPS) is 13.0. The van der Waals surface area contributed by atoms with E-state index >= 15 is 0 Å². The molecule has 0 fully saturated rings. The second kappa shape index (κ2) is 32.0. The zero-order chi connectivity index (χ0) is 34.1. The molecule has 0 saturated carbocycles. The maximum Gasteiger partial charge on any atom is 0.336 e. The van der Waals surface area contributed by atoms with Crippen molar-refractivity contribution in [2.24, 2.45) is 0 Å². The number of unbranched alkanes of at least 4 members (excludes halogenated alkanes) is 22. The molecule has 2 N–H and O–H groups in total. The Hall–Kier alpha value is -1.52. The lowest BCUT2D eigenvalue weighted by atomic mass is 10.1. The van der Waals surface area contributed by atoms with Crippen LogP contribution in [0.2, 0.25) is 0 Å². The molecule has 0 aliphatic heterocycles. The van der Waals surface area contributed by atoms with E-state index in [0.29, 0.717) is 12.8 Å². The molecule has 0 rings (SSSR count). The molecule has 0 aliphatic carbocycles. The van der Waals surface area contributed by atoms with Crippen LogP contribution in [0.4, 0.5) is 0 Å². The van der Waals surface area contributed by atoms with Crippen LogP contribution < -0.4 is 0 Å². The molecule has 2 atom stereocenters. The van der Waals surface area contributed by atoms with E-state index in [1.165, 1.54) is 89.9 Å². The van der Waals surface area contributed by atoms with Crippen molar-refractivity contribution in [3.8, 4) is 0 Å². The van der Waals surface area contributed by atoms with E-state index in [1.807, 2.05) is 9.24 Å². The van der Waals surface area contributed by atoms with Gasteiger partial charge in [-0.1, -0.05) is 150 Å². The first-order valence-corrected chi connectivity index (χ1v) is 19.7. The van der Waals surface area contributed by atoms with E-state index in [2.05, 4.69) is 38.2 Å². The maximum atomic E-state index is 13.1. The van der Waals surface area contributed by atoms with Gasteiger partial charge in [-0.25, -0.2) is 4.79 Å². The van der Waals surface area contributed by atoms with Crippen molar-refractivity contribution in [3.63, 3.8) is 0 Å². The predicted octanol–water partition coefficient (Wildman–Crippen LogP) is 11.1. The molecule has 0 aliphatic rings. The van der Waals surface area contributed by atoms with Crippen LogP contribution in [-0.4, -0.2) is 44.8 Å². The molecule has 0 radical (unpaired) electrons. The van der Waals surface area contributed by atoms with Gasteiger partial charge in [0.25, 0.3) is 0 Å². The SMILES string of the molecule is CCCCCCCC/C=C/CCCCCCCC(=O)N(C(=O)CCCCCCC/C=C/CCCCCCCC)C(P)(CO)C(=O)O. The van der Waals surface area contributed by atoms with Crippen LogP contribution >= 0.6 is 9.24 Å². The lowest BCUT2D eigenvalue weighted by Gasteiger charge is -2.35. The van der Waals surface area contributed by atoms with Gasteiger partial charge in [0.05, 0.1) is 6.61 Å². The van der Waals surface area contributed by atoms with Crippen LogP contribution in [0, 0.1) is 0 Å². The molecular weight excluding hydrogens is 593 g/mol. The number of allylic oxidation sites excluding steroid dienone is 4. The fourth-order valence-electron chi connectivity index (χ4n) is 5.74. The van der Waals surface area contributed by atoms with Gasteiger partial charge in [0.15, 0.2) is 5.28 Å². The first-order valence-electron chi connectivity index (χ1n) is 19.1. The third-order valence-corrected chi connectivity index (χ3v) is 9.50. The third kappa shape index (κ3) is 23.7. The van der Waals surface area contributed by atoms with Gasteiger partial charge in [-0.2, -0.15) is 0 Å². The van der Waals surface area contributed by atoms with Crippen LogP contribution in [0.3, 0.4) is 0 Å². The van der Waals surface area contributed by atoms with Gasteiger partial charge in [0.2, 0.25) is 11.8 Å².